The Morgan fingerprint density at radius 2 is 1.80 bits per heavy atom. The van der Waals surface area contributed by atoms with Gasteiger partial charge in [-0.25, -0.2) is 0 Å². The average molecular weight is 270 g/mol. The Kier molecular flexibility index (Phi) is 9.92. The van der Waals surface area contributed by atoms with Crippen molar-refractivity contribution in [2.24, 2.45) is 0 Å². The van der Waals surface area contributed by atoms with E-state index >= 15 is 0 Å². The molecular weight excluding hydrogens is 251 g/mol. The van der Waals surface area contributed by atoms with Gasteiger partial charge in [-0.15, -0.1) is 0 Å². The molecule has 15 heavy (non-hydrogen) atoms. The van der Waals surface area contributed by atoms with Crippen LogP contribution < -0.4 is 0 Å². The molecule has 3 nitrogen and oxygen atoms in total. The fourth-order valence-electron chi connectivity index (χ4n) is 0.800. The average Bonchev–Trinajstić information content (AvgIpc) is 2.18. The molecule has 0 aliphatic heterocycles. The summed E-state index contributed by atoms with van der Waals surface area (Å²) in [6, 6.07) is 0. The molecule has 0 aromatic heterocycles. The van der Waals surface area contributed by atoms with E-state index in [1.807, 2.05) is 13.8 Å². The van der Waals surface area contributed by atoms with Crippen LogP contribution in [0.1, 0.15) is 13.8 Å². The first-order valence-corrected chi connectivity index (χ1v) is 9.81. The van der Waals surface area contributed by atoms with Crippen LogP contribution in [0.15, 0.2) is 12.1 Å². The van der Waals surface area contributed by atoms with Crippen molar-refractivity contribution in [1.29, 1.82) is 0 Å². The molecule has 0 N–H and O–H groups in total. The standard InChI is InChI=1S/C9H19O3PS2/c1-4-14-13(10,15-5-2)9-8-12-7-6-11-3/h8-9H,4-7H2,1-3H3. The highest BCUT2D eigenvalue weighted by Gasteiger charge is 2.17. The molecule has 0 saturated carbocycles. The number of methoxy groups -OCH3 is 1. The molecule has 0 atom stereocenters. The lowest BCUT2D eigenvalue weighted by molar-refractivity contribution is 0.124. The highest BCUT2D eigenvalue weighted by molar-refractivity contribution is 8.91. The molecule has 0 unspecified atom stereocenters. The lowest BCUT2D eigenvalue weighted by atomic mass is 10.8. The van der Waals surface area contributed by atoms with Gasteiger partial charge in [0, 0.05) is 12.9 Å². The quantitative estimate of drug-likeness (QED) is 0.361. The Morgan fingerprint density at radius 3 is 2.27 bits per heavy atom. The van der Waals surface area contributed by atoms with Crippen LogP contribution in [0.5, 0.6) is 0 Å². The minimum absolute atomic E-state index is 0.501. The van der Waals surface area contributed by atoms with E-state index < -0.39 is 5.55 Å². The summed E-state index contributed by atoms with van der Waals surface area (Å²) in [6.07, 6.45) is 1.53. The Hall–Kier alpha value is 0.430. The summed E-state index contributed by atoms with van der Waals surface area (Å²) >= 11 is 2.98. The second kappa shape index (κ2) is 9.64. The second-order valence-corrected chi connectivity index (χ2v) is 11.1. The highest BCUT2D eigenvalue weighted by Crippen LogP contribution is 2.69. The van der Waals surface area contributed by atoms with Gasteiger partial charge in [0.15, 0.2) is 0 Å². The van der Waals surface area contributed by atoms with Crippen molar-refractivity contribution in [3.05, 3.63) is 12.1 Å². The van der Waals surface area contributed by atoms with E-state index in [0.717, 1.165) is 11.5 Å². The molecule has 0 aliphatic rings. The minimum atomic E-state index is -2.28. The maximum atomic E-state index is 12.2. The van der Waals surface area contributed by atoms with Crippen LogP contribution in [0, 0.1) is 0 Å². The van der Waals surface area contributed by atoms with Crippen molar-refractivity contribution in [2.45, 2.75) is 13.8 Å². The molecule has 0 heterocycles. The summed E-state index contributed by atoms with van der Waals surface area (Å²) in [6.45, 7) is 5.07. The number of ether oxygens (including phenoxy) is 2. The Balaban J connectivity index is 3.98. The molecule has 0 aromatic rings. The topological polar surface area (TPSA) is 35.5 Å². The number of hydrogen-bond acceptors (Lipinski definition) is 5. The predicted octanol–water partition coefficient (Wildman–Crippen LogP) is 3.82. The first-order valence-electron chi connectivity index (χ1n) is 4.85. The monoisotopic (exact) mass is 270 g/mol. The molecule has 0 rings (SSSR count). The number of rotatable bonds is 9. The van der Waals surface area contributed by atoms with Crippen molar-refractivity contribution in [1.82, 2.24) is 0 Å². The van der Waals surface area contributed by atoms with Crippen LogP contribution in [0.25, 0.3) is 0 Å². The zero-order chi connectivity index (χ0) is 11.6. The smallest absolute Gasteiger partial charge is 0.215 e. The minimum Gasteiger partial charge on any atom is -0.499 e. The van der Waals surface area contributed by atoms with Crippen molar-refractivity contribution in [3.63, 3.8) is 0 Å². The van der Waals surface area contributed by atoms with E-state index in [2.05, 4.69) is 0 Å². The van der Waals surface area contributed by atoms with E-state index in [0.29, 0.717) is 13.2 Å². The molecule has 0 aromatic carbocycles. The van der Waals surface area contributed by atoms with Gasteiger partial charge in [-0.2, -0.15) is 0 Å². The largest absolute Gasteiger partial charge is 0.499 e. The zero-order valence-electron chi connectivity index (χ0n) is 9.47. The van der Waals surface area contributed by atoms with E-state index in [1.165, 1.54) is 29.0 Å². The van der Waals surface area contributed by atoms with Crippen molar-refractivity contribution in [3.8, 4) is 0 Å². The molecule has 0 radical (unpaired) electrons. The van der Waals surface area contributed by atoms with Gasteiger partial charge in [-0.1, -0.05) is 36.6 Å². The van der Waals surface area contributed by atoms with Gasteiger partial charge in [-0.05, 0) is 11.5 Å². The van der Waals surface area contributed by atoms with Crippen molar-refractivity contribution < 1.29 is 14.0 Å². The summed E-state index contributed by atoms with van der Waals surface area (Å²) in [7, 11) is 1.62. The van der Waals surface area contributed by atoms with E-state index in [-0.39, 0.29) is 0 Å². The maximum Gasteiger partial charge on any atom is 0.215 e. The fourth-order valence-corrected chi connectivity index (χ4v) is 7.77. The summed E-state index contributed by atoms with van der Waals surface area (Å²) in [5, 5.41) is 0. The van der Waals surface area contributed by atoms with Gasteiger partial charge >= 0.3 is 0 Å². The van der Waals surface area contributed by atoms with Crippen LogP contribution in [0.3, 0.4) is 0 Å². The lowest BCUT2D eigenvalue weighted by Crippen LogP contribution is -1.96. The predicted molar refractivity (Wildman–Crippen MR) is 70.8 cm³/mol. The van der Waals surface area contributed by atoms with Gasteiger partial charge < -0.3 is 9.47 Å². The zero-order valence-corrected chi connectivity index (χ0v) is 12.0. The van der Waals surface area contributed by atoms with E-state index in [9.17, 15) is 4.57 Å². The number of hydrogen-bond donors (Lipinski definition) is 0. The third-order valence-corrected chi connectivity index (χ3v) is 9.42. The Labute approximate surface area is 100 Å². The lowest BCUT2D eigenvalue weighted by Gasteiger charge is -2.10. The van der Waals surface area contributed by atoms with Gasteiger partial charge in [0.1, 0.15) is 6.61 Å². The van der Waals surface area contributed by atoms with Gasteiger partial charge in [0.2, 0.25) is 5.55 Å². The summed E-state index contributed by atoms with van der Waals surface area (Å²) in [4.78, 5) is 0. The molecule has 0 amide bonds. The molecule has 90 valence electrons. The van der Waals surface area contributed by atoms with Crippen LogP contribution in [-0.4, -0.2) is 31.8 Å². The van der Waals surface area contributed by atoms with Crippen LogP contribution in [-0.2, 0) is 14.0 Å². The summed E-state index contributed by atoms with van der Waals surface area (Å²) in [5.74, 6) is 3.39. The van der Waals surface area contributed by atoms with Crippen molar-refractivity contribution >= 4 is 28.3 Å². The molecule has 0 saturated heterocycles. The maximum absolute atomic E-state index is 12.2. The third-order valence-electron chi connectivity index (χ3n) is 1.36. The molecule has 0 aliphatic carbocycles. The van der Waals surface area contributed by atoms with Crippen LogP contribution >= 0.6 is 28.3 Å². The normalized spacial score (nSPS) is 12.2. The molecular formula is C9H19O3PS2. The molecule has 0 bridgehead atoms. The van der Waals surface area contributed by atoms with Gasteiger partial charge in [-0.3, -0.25) is 4.57 Å². The van der Waals surface area contributed by atoms with Crippen molar-refractivity contribution in [2.75, 3.05) is 31.8 Å². The van der Waals surface area contributed by atoms with Crippen LogP contribution in [0.2, 0.25) is 0 Å². The van der Waals surface area contributed by atoms with E-state index in [4.69, 9.17) is 9.47 Å². The Morgan fingerprint density at radius 1 is 1.20 bits per heavy atom. The van der Waals surface area contributed by atoms with Gasteiger partial charge in [0.05, 0.1) is 12.9 Å². The SMILES string of the molecule is CCSP(=O)(C=COCCOC)SCC. The third kappa shape index (κ3) is 8.26. The molecule has 6 heteroatoms. The highest BCUT2D eigenvalue weighted by atomic mass is 33.1. The molecule has 0 fully saturated rings. The second-order valence-electron chi connectivity index (χ2n) is 2.52. The molecule has 0 spiro atoms. The Bertz CT molecular complexity index is 211. The first-order chi connectivity index (χ1) is 7.18. The summed E-state index contributed by atoms with van der Waals surface area (Å²) < 4.78 is 22.2. The van der Waals surface area contributed by atoms with Gasteiger partial charge in [0.25, 0.3) is 0 Å². The van der Waals surface area contributed by atoms with Crippen LogP contribution in [0.4, 0.5) is 0 Å². The first kappa shape index (κ1) is 15.4. The van der Waals surface area contributed by atoms with E-state index in [1.54, 1.807) is 12.9 Å². The fraction of sp³-hybridized carbons (Fsp3) is 0.778. The summed E-state index contributed by atoms with van der Waals surface area (Å²) in [5.41, 5.74) is -2.28.